The van der Waals surface area contributed by atoms with Gasteiger partial charge in [-0.15, -0.1) is 5.73 Å². The molecule has 1 rings (SSSR count). The lowest BCUT2D eigenvalue weighted by Gasteiger charge is -2.17. The Hall–Kier alpha value is -1.00. The summed E-state index contributed by atoms with van der Waals surface area (Å²) in [7, 11) is 1.93. The number of allylic oxidation sites excluding steroid dienone is 1. The summed E-state index contributed by atoms with van der Waals surface area (Å²) in [5.41, 5.74) is 8.84. The van der Waals surface area contributed by atoms with Crippen molar-refractivity contribution in [2.75, 3.05) is 13.6 Å². The predicted molar refractivity (Wildman–Crippen MR) is 50.4 cm³/mol. The Kier molecular flexibility index (Phi) is 3.63. The van der Waals surface area contributed by atoms with Crippen LogP contribution in [0.1, 0.15) is 6.42 Å². The molecule has 2 nitrogen and oxygen atoms in total. The van der Waals surface area contributed by atoms with E-state index in [0.717, 1.165) is 13.0 Å². The molecule has 0 amide bonds. The molecule has 0 saturated carbocycles. The first-order valence-corrected chi connectivity index (χ1v) is 4.15. The van der Waals surface area contributed by atoms with Gasteiger partial charge in [0.25, 0.3) is 0 Å². The first-order valence-electron chi connectivity index (χ1n) is 4.15. The Bertz CT molecular complexity index is 251. The SMILES string of the molecule is CNCC1CC=C=CC#CC1N. The molecule has 0 spiro atoms. The summed E-state index contributed by atoms with van der Waals surface area (Å²) in [6.45, 7) is 0.911. The minimum absolute atomic E-state index is 0.0213. The predicted octanol–water partition coefficient (Wildman–Crippen LogP) is 0.268. The number of rotatable bonds is 2. The van der Waals surface area contributed by atoms with Crippen LogP contribution in [0.4, 0.5) is 0 Å². The Labute approximate surface area is 73.5 Å². The molecule has 2 atom stereocenters. The molecular formula is C10H14N2. The zero-order valence-corrected chi connectivity index (χ0v) is 7.30. The van der Waals surface area contributed by atoms with E-state index in [2.05, 4.69) is 22.9 Å². The van der Waals surface area contributed by atoms with Crippen LogP contribution in [0.25, 0.3) is 0 Å². The van der Waals surface area contributed by atoms with Gasteiger partial charge in [0, 0.05) is 18.5 Å². The molecular weight excluding hydrogens is 148 g/mol. The highest BCUT2D eigenvalue weighted by Crippen LogP contribution is 2.07. The third-order valence-electron chi connectivity index (χ3n) is 1.92. The van der Waals surface area contributed by atoms with Crippen molar-refractivity contribution in [2.24, 2.45) is 11.7 Å². The van der Waals surface area contributed by atoms with Crippen molar-refractivity contribution in [2.45, 2.75) is 12.5 Å². The standard InChI is InChI=1S/C10H14N2/c1-12-8-9-6-4-2-3-5-7-10(9)11/h3-4,9-10,12H,6,8,11H2,1H3. The molecule has 2 heteroatoms. The quantitative estimate of drug-likeness (QED) is 0.452. The molecule has 3 N–H and O–H groups in total. The normalized spacial score (nSPS) is 27.2. The molecule has 0 aliphatic heterocycles. The first kappa shape index (κ1) is 9.09. The Morgan fingerprint density at radius 1 is 1.67 bits per heavy atom. The van der Waals surface area contributed by atoms with E-state index in [1.807, 2.05) is 13.1 Å². The first-order chi connectivity index (χ1) is 5.84. The van der Waals surface area contributed by atoms with Crippen molar-refractivity contribution >= 4 is 0 Å². The molecule has 2 unspecified atom stereocenters. The van der Waals surface area contributed by atoms with Gasteiger partial charge >= 0.3 is 0 Å². The molecule has 0 aromatic rings. The monoisotopic (exact) mass is 162 g/mol. The summed E-state index contributed by atoms with van der Waals surface area (Å²) in [6.07, 6.45) is 4.67. The summed E-state index contributed by atoms with van der Waals surface area (Å²) in [5, 5.41) is 3.11. The summed E-state index contributed by atoms with van der Waals surface area (Å²) < 4.78 is 0. The summed E-state index contributed by atoms with van der Waals surface area (Å²) >= 11 is 0. The fourth-order valence-electron chi connectivity index (χ4n) is 1.19. The molecule has 0 fully saturated rings. The van der Waals surface area contributed by atoms with Crippen LogP contribution < -0.4 is 11.1 Å². The topological polar surface area (TPSA) is 38.0 Å². The fraction of sp³-hybridized carbons (Fsp3) is 0.500. The van der Waals surface area contributed by atoms with Gasteiger partial charge in [-0.3, -0.25) is 0 Å². The van der Waals surface area contributed by atoms with Crippen molar-refractivity contribution in [1.82, 2.24) is 5.32 Å². The second kappa shape index (κ2) is 4.79. The van der Waals surface area contributed by atoms with Gasteiger partial charge in [-0.2, -0.15) is 0 Å². The Morgan fingerprint density at radius 3 is 3.25 bits per heavy atom. The molecule has 0 radical (unpaired) electrons. The second-order valence-corrected chi connectivity index (χ2v) is 2.88. The molecule has 0 saturated heterocycles. The van der Waals surface area contributed by atoms with Gasteiger partial charge in [0.1, 0.15) is 0 Å². The van der Waals surface area contributed by atoms with Crippen LogP contribution in [0, 0.1) is 17.8 Å². The fourth-order valence-corrected chi connectivity index (χ4v) is 1.19. The highest BCUT2D eigenvalue weighted by Gasteiger charge is 2.13. The van der Waals surface area contributed by atoms with E-state index < -0.39 is 0 Å². The van der Waals surface area contributed by atoms with Gasteiger partial charge in [-0.1, -0.05) is 11.8 Å². The lowest BCUT2D eigenvalue weighted by atomic mass is 9.96. The maximum absolute atomic E-state index is 5.85. The molecule has 1 aliphatic rings. The van der Waals surface area contributed by atoms with Crippen molar-refractivity contribution < 1.29 is 0 Å². The van der Waals surface area contributed by atoms with E-state index in [9.17, 15) is 0 Å². The van der Waals surface area contributed by atoms with Crippen LogP contribution in [0.5, 0.6) is 0 Å². The lowest BCUT2D eigenvalue weighted by molar-refractivity contribution is 0.466. The molecule has 0 aromatic heterocycles. The number of nitrogens with two attached hydrogens (primary N) is 1. The van der Waals surface area contributed by atoms with Crippen LogP contribution in [-0.4, -0.2) is 19.6 Å². The van der Waals surface area contributed by atoms with Gasteiger partial charge in [-0.05, 0) is 19.5 Å². The molecule has 64 valence electrons. The average Bonchev–Trinajstić information content (AvgIpc) is 2.05. The van der Waals surface area contributed by atoms with Crippen molar-refractivity contribution in [3.63, 3.8) is 0 Å². The van der Waals surface area contributed by atoms with E-state index >= 15 is 0 Å². The van der Waals surface area contributed by atoms with Gasteiger partial charge < -0.3 is 11.1 Å². The number of nitrogens with one attached hydrogen (secondary N) is 1. The molecule has 0 heterocycles. The highest BCUT2D eigenvalue weighted by atomic mass is 14.8. The van der Waals surface area contributed by atoms with Crippen molar-refractivity contribution in [3.8, 4) is 11.8 Å². The maximum Gasteiger partial charge on any atom is 0.0712 e. The van der Waals surface area contributed by atoms with Crippen molar-refractivity contribution in [3.05, 3.63) is 17.9 Å². The Balaban J connectivity index is 2.64. The average molecular weight is 162 g/mol. The van der Waals surface area contributed by atoms with Crippen molar-refractivity contribution in [1.29, 1.82) is 0 Å². The zero-order chi connectivity index (χ0) is 8.81. The summed E-state index contributed by atoms with van der Waals surface area (Å²) in [4.78, 5) is 0. The van der Waals surface area contributed by atoms with Crippen LogP contribution >= 0.6 is 0 Å². The van der Waals surface area contributed by atoms with Gasteiger partial charge in [0.2, 0.25) is 0 Å². The largest absolute Gasteiger partial charge is 0.319 e. The smallest absolute Gasteiger partial charge is 0.0712 e. The van der Waals surface area contributed by atoms with E-state index in [-0.39, 0.29) is 6.04 Å². The van der Waals surface area contributed by atoms with Gasteiger partial charge in [-0.25, -0.2) is 0 Å². The zero-order valence-electron chi connectivity index (χ0n) is 7.30. The lowest BCUT2D eigenvalue weighted by Crippen LogP contribution is -2.35. The van der Waals surface area contributed by atoms with E-state index in [1.165, 1.54) is 0 Å². The number of hydrogen-bond acceptors (Lipinski definition) is 2. The number of hydrogen-bond donors (Lipinski definition) is 2. The van der Waals surface area contributed by atoms with E-state index in [4.69, 9.17) is 5.73 Å². The highest BCUT2D eigenvalue weighted by molar-refractivity contribution is 5.21. The molecule has 0 bridgehead atoms. The van der Waals surface area contributed by atoms with E-state index in [1.54, 1.807) is 6.08 Å². The summed E-state index contributed by atoms with van der Waals surface area (Å²) in [5.74, 6) is 6.23. The minimum atomic E-state index is -0.0213. The molecule has 1 aliphatic carbocycles. The van der Waals surface area contributed by atoms with E-state index in [0.29, 0.717) is 5.92 Å². The van der Waals surface area contributed by atoms with Crippen LogP contribution in [0.3, 0.4) is 0 Å². The second-order valence-electron chi connectivity index (χ2n) is 2.88. The third kappa shape index (κ3) is 2.56. The summed E-state index contributed by atoms with van der Waals surface area (Å²) in [6, 6.07) is -0.0213. The van der Waals surface area contributed by atoms with Gasteiger partial charge in [0.15, 0.2) is 0 Å². The maximum atomic E-state index is 5.85. The van der Waals surface area contributed by atoms with Crippen LogP contribution in [0.2, 0.25) is 0 Å². The minimum Gasteiger partial charge on any atom is -0.319 e. The van der Waals surface area contributed by atoms with Gasteiger partial charge in [0.05, 0.1) is 6.04 Å². The van der Waals surface area contributed by atoms with Crippen LogP contribution in [-0.2, 0) is 0 Å². The molecule has 12 heavy (non-hydrogen) atoms. The van der Waals surface area contributed by atoms with Crippen LogP contribution in [0.15, 0.2) is 17.9 Å². The molecule has 0 aromatic carbocycles. The third-order valence-corrected chi connectivity index (χ3v) is 1.92. The Morgan fingerprint density at radius 2 is 2.50 bits per heavy atom.